The Morgan fingerprint density at radius 2 is 1.95 bits per heavy atom. The fraction of sp³-hybridized carbons (Fsp3) is 0.500. The first-order chi connectivity index (χ1) is 10.0. The lowest BCUT2D eigenvalue weighted by Crippen LogP contribution is -2.23. The third-order valence-corrected chi connectivity index (χ3v) is 4.98. The van der Waals surface area contributed by atoms with Crippen LogP contribution in [0.2, 0.25) is 0 Å². The van der Waals surface area contributed by atoms with Crippen molar-refractivity contribution >= 4 is 21.2 Å². The molecule has 0 spiro atoms. The van der Waals surface area contributed by atoms with Crippen molar-refractivity contribution in [1.29, 1.82) is 0 Å². The van der Waals surface area contributed by atoms with Crippen LogP contribution in [-0.2, 0) is 9.84 Å². The van der Waals surface area contributed by atoms with E-state index < -0.39 is 30.9 Å². The van der Waals surface area contributed by atoms with Gasteiger partial charge in [0, 0.05) is 12.1 Å². The molecule has 0 aliphatic heterocycles. The normalized spacial score (nSPS) is 17.1. The highest BCUT2D eigenvalue weighted by Crippen LogP contribution is 2.38. The Morgan fingerprint density at radius 3 is 2.41 bits per heavy atom. The lowest BCUT2D eigenvalue weighted by molar-refractivity contribution is -0.384. The molecule has 0 heterocycles. The number of hydrogen-bond donors (Lipinski definition) is 1. The van der Waals surface area contributed by atoms with E-state index in [1.807, 2.05) is 6.92 Å². The summed E-state index contributed by atoms with van der Waals surface area (Å²) >= 11 is 0. The minimum Gasteiger partial charge on any atom is -0.377 e. The molecule has 0 bridgehead atoms. The smallest absolute Gasteiger partial charge is 0.377 e. The standard InChI is InChI=1S/C12H13F3N2O4S/c1-7(8-2-3-8)16-10-5-4-9(6-11(10)17(18)19)22(20,21)12(13,14)15/h4-8,16H,2-3H2,1H3/t7-/m0/s1. The molecule has 0 saturated heterocycles. The maximum Gasteiger partial charge on any atom is 0.501 e. The van der Waals surface area contributed by atoms with E-state index in [1.165, 1.54) is 0 Å². The molecule has 1 aliphatic rings. The van der Waals surface area contributed by atoms with Crippen molar-refractivity contribution in [3.8, 4) is 0 Å². The van der Waals surface area contributed by atoms with Gasteiger partial charge in [0.25, 0.3) is 15.5 Å². The quantitative estimate of drug-likeness (QED) is 0.658. The van der Waals surface area contributed by atoms with Crippen LogP contribution in [0.25, 0.3) is 0 Å². The van der Waals surface area contributed by atoms with Crippen LogP contribution in [-0.4, -0.2) is 24.9 Å². The first-order valence-electron chi connectivity index (χ1n) is 6.40. The first kappa shape index (κ1) is 16.5. The van der Waals surface area contributed by atoms with Crippen molar-refractivity contribution in [2.24, 2.45) is 5.92 Å². The topological polar surface area (TPSA) is 89.3 Å². The van der Waals surface area contributed by atoms with Crippen LogP contribution < -0.4 is 5.32 Å². The number of hydrogen-bond acceptors (Lipinski definition) is 5. The second-order valence-electron chi connectivity index (χ2n) is 5.16. The molecule has 122 valence electrons. The molecular formula is C12H13F3N2O4S. The summed E-state index contributed by atoms with van der Waals surface area (Å²) in [5, 5.41) is 13.9. The predicted molar refractivity (Wildman–Crippen MR) is 72.1 cm³/mol. The average molecular weight is 338 g/mol. The van der Waals surface area contributed by atoms with Gasteiger partial charge in [-0.1, -0.05) is 0 Å². The summed E-state index contributed by atoms with van der Waals surface area (Å²) < 4.78 is 60.1. The van der Waals surface area contributed by atoms with E-state index >= 15 is 0 Å². The highest BCUT2D eigenvalue weighted by molar-refractivity contribution is 7.92. The van der Waals surface area contributed by atoms with Gasteiger partial charge in [0.2, 0.25) is 0 Å². The zero-order valence-electron chi connectivity index (χ0n) is 11.4. The molecule has 0 amide bonds. The van der Waals surface area contributed by atoms with E-state index in [1.54, 1.807) is 0 Å². The molecule has 22 heavy (non-hydrogen) atoms. The second kappa shape index (κ2) is 5.41. The van der Waals surface area contributed by atoms with Crippen molar-refractivity contribution in [1.82, 2.24) is 0 Å². The van der Waals surface area contributed by atoms with Gasteiger partial charge in [-0.2, -0.15) is 13.2 Å². The monoisotopic (exact) mass is 338 g/mol. The van der Waals surface area contributed by atoms with E-state index in [9.17, 15) is 31.7 Å². The van der Waals surface area contributed by atoms with Crippen LogP contribution in [0.3, 0.4) is 0 Å². The van der Waals surface area contributed by atoms with Crippen molar-refractivity contribution in [3.63, 3.8) is 0 Å². The SMILES string of the molecule is C[C@H](Nc1ccc(S(=O)(=O)C(F)(F)F)cc1[N+](=O)[O-])C1CC1. The molecule has 10 heteroatoms. The van der Waals surface area contributed by atoms with Crippen molar-refractivity contribution in [2.45, 2.75) is 36.2 Å². The molecule has 1 N–H and O–H groups in total. The number of anilines is 1. The van der Waals surface area contributed by atoms with Crippen LogP contribution in [0.5, 0.6) is 0 Å². The molecule has 1 saturated carbocycles. The Labute approximate surface area is 124 Å². The molecule has 1 aliphatic carbocycles. The number of benzene rings is 1. The molecule has 6 nitrogen and oxygen atoms in total. The van der Waals surface area contributed by atoms with Crippen molar-refractivity contribution in [2.75, 3.05) is 5.32 Å². The summed E-state index contributed by atoms with van der Waals surface area (Å²) in [5.74, 6) is 0.359. The van der Waals surface area contributed by atoms with E-state index in [-0.39, 0.29) is 11.7 Å². The van der Waals surface area contributed by atoms with Gasteiger partial charge in [-0.15, -0.1) is 0 Å². The Hall–Kier alpha value is -1.84. The zero-order valence-corrected chi connectivity index (χ0v) is 12.2. The number of sulfone groups is 1. The van der Waals surface area contributed by atoms with Crippen molar-refractivity contribution < 1.29 is 26.5 Å². The van der Waals surface area contributed by atoms with Crippen molar-refractivity contribution in [3.05, 3.63) is 28.3 Å². The van der Waals surface area contributed by atoms with E-state index in [2.05, 4.69) is 5.32 Å². The molecule has 1 aromatic rings. The number of nitrogens with one attached hydrogen (secondary N) is 1. The number of nitro benzene ring substituents is 1. The lowest BCUT2D eigenvalue weighted by Gasteiger charge is -2.15. The summed E-state index contributed by atoms with van der Waals surface area (Å²) in [6.07, 6.45) is 1.95. The fourth-order valence-corrected chi connectivity index (χ4v) is 2.83. The highest BCUT2D eigenvalue weighted by atomic mass is 32.2. The number of halogens is 3. The van der Waals surface area contributed by atoms with Gasteiger partial charge in [0.05, 0.1) is 9.82 Å². The molecule has 2 rings (SSSR count). The molecule has 0 unspecified atom stereocenters. The number of alkyl halides is 3. The molecule has 1 atom stereocenters. The third-order valence-electron chi connectivity index (χ3n) is 3.49. The van der Waals surface area contributed by atoms with E-state index in [0.29, 0.717) is 12.0 Å². The Kier molecular flexibility index (Phi) is 4.07. The summed E-state index contributed by atoms with van der Waals surface area (Å²) in [6, 6.07) is 2.07. The van der Waals surface area contributed by atoms with Crippen LogP contribution in [0.4, 0.5) is 24.5 Å². The molecule has 0 radical (unpaired) electrons. The minimum atomic E-state index is -5.61. The largest absolute Gasteiger partial charge is 0.501 e. The lowest BCUT2D eigenvalue weighted by atomic mass is 10.2. The molecule has 1 aromatic carbocycles. The van der Waals surface area contributed by atoms with Gasteiger partial charge in [-0.05, 0) is 37.8 Å². The third kappa shape index (κ3) is 3.16. The predicted octanol–water partition coefficient (Wildman–Crippen LogP) is 3.10. The number of nitrogens with zero attached hydrogens (tertiary/aromatic N) is 1. The van der Waals surface area contributed by atoms with Crippen LogP contribution in [0.1, 0.15) is 19.8 Å². The Balaban J connectivity index is 2.41. The molecular weight excluding hydrogens is 325 g/mol. The van der Waals surface area contributed by atoms with E-state index in [0.717, 1.165) is 25.0 Å². The summed E-state index contributed by atoms with van der Waals surface area (Å²) in [7, 11) is -5.61. The number of rotatable bonds is 5. The zero-order chi connectivity index (χ0) is 16.7. The van der Waals surface area contributed by atoms with Gasteiger partial charge in [0.1, 0.15) is 5.69 Å². The Bertz CT molecular complexity index is 699. The maximum atomic E-state index is 12.5. The summed E-state index contributed by atoms with van der Waals surface area (Å²) in [5.41, 5.74) is -6.19. The molecule has 0 aromatic heterocycles. The van der Waals surface area contributed by atoms with Gasteiger partial charge in [0.15, 0.2) is 0 Å². The van der Waals surface area contributed by atoms with Crippen LogP contribution in [0, 0.1) is 16.0 Å². The van der Waals surface area contributed by atoms with Gasteiger partial charge in [-0.25, -0.2) is 8.42 Å². The highest BCUT2D eigenvalue weighted by Gasteiger charge is 2.47. The summed E-state index contributed by atoms with van der Waals surface area (Å²) in [4.78, 5) is 8.96. The molecule has 1 fully saturated rings. The van der Waals surface area contributed by atoms with Crippen LogP contribution in [0.15, 0.2) is 23.1 Å². The fourth-order valence-electron chi connectivity index (χ4n) is 2.04. The van der Waals surface area contributed by atoms with Gasteiger partial charge >= 0.3 is 5.51 Å². The van der Waals surface area contributed by atoms with Gasteiger partial charge < -0.3 is 5.32 Å². The average Bonchev–Trinajstić information content (AvgIpc) is 3.21. The van der Waals surface area contributed by atoms with Gasteiger partial charge in [-0.3, -0.25) is 10.1 Å². The second-order valence-corrected chi connectivity index (χ2v) is 7.10. The van der Waals surface area contributed by atoms with Crippen LogP contribution >= 0.6 is 0 Å². The number of nitro groups is 1. The first-order valence-corrected chi connectivity index (χ1v) is 7.88. The summed E-state index contributed by atoms with van der Waals surface area (Å²) in [6.45, 7) is 1.81. The maximum absolute atomic E-state index is 12.5. The van der Waals surface area contributed by atoms with E-state index in [4.69, 9.17) is 0 Å². The Morgan fingerprint density at radius 1 is 1.36 bits per heavy atom. The minimum absolute atomic E-state index is 0.00512.